The maximum absolute atomic E-state index is 12.9. The molecule has 2 heterocycles. The first-order valence-corrected chi connectivity index (χ1v) is 12.7. The number of ether oxygens (including phenoxy) is 1. The Morgan fingerprint density at radius 3 is 2.66 bits per heavy atom. The second kappa shape index (κ2) is 10.2. The molecule has 2 aromatic rings. The molecule has 4 rings (SSSR count). The Labute approximate surface area is 190 Å². The van der Waals surface area contributed by atoms with Crippen LogP contribution in [0.2, 0.25) is 0 Å². The monoisotopic (exact) mass is 460 g/mol. The predicted octanol–water partition coefficient (Wildman–Crippen LogP) is 3.05. The van der Waals surface area contributed by atoms with Crippen molar-refractivity contribution < 1.29 is 17.9 Å². The number of carbonyl (C=O) groups excluding carboxylic acids is 1. The Balaban J connectivity index is 1.44. The molecule has 0 atom stereocenters. The van der Waals surface area contributed by atoms with Gasteiger partial charge in [-0.1, -0.05) is 37.5 Å². The smallest absolute Gasteiger partial charge is 0.272 e. The van der Waals surface area contributed by atoms with E-state index >= 15 is 0 Å². The summed E-state index contributed by atoms with van der Waals surface area (Å²) in [4.78, 5) is 18.2. The highest BCUT2D eigenvalue weighted by atomic mass is 32.2. The van der Waals surface area contributed by atoms with Crippen molar-refractivity contribution in [1.82, 2.24) is 14.2 Å². The van der Waals surface area contributed by atoms with Crippen LogP contribution in [-0.2, 0) is 21.3 Å². The summed E-state index contributed by atoms with van der Waals surface area (Å²) in [5.41, 5.74) is 2.00. The summed E-state index contributed by atoms with van der Waals surface area (Å²) < 4.78 is 32.3. The van der Waals surface area contributed by atoms with E-state index in [0.29, 0.717) is 32.3 Å². The molecule has 1 aliphatic carbocycles. The normalized spacial score (nSPS) is 18.7. The fourth-order valence-corrected chi connectivity index (χ4v) is 5.88. The molecule has 1 aromatic carbocycles. The summed E-state index contributed by atoms with van der Waals surface area (Å²) in [6.07, 6.45) is 7.67. The van der Waals surface area contributed by atoms with Crippen molar-refractivity contribution in [1.29, 1.82) is 0 Å². The van der Waals surface area contributed by atoms with Crippen LogP contribution in [0.1, 0.15) is 48.2 Å². The fourth-order valence-electron chi connectivity index (χ4n) is 4.48. The van der Waals surface area contributed by atoms with Gasteiger partial charge in [0, 0.05) is 37.6 Å². The van der Waals surface area contributed by atoms with Crippen molar-refractivity contribution in [3.63, 3.8) is 0 Å². The number of aromatic amines is 1. The van der Waals surface area contributed by atoms with Crippen LogP contribution in [0.25, 0.3) is 0 Å². The minimum absolute atomic E-state index is 0.0925. The van der Waals surface area contributed by atoms with E-state index in [4.69, 9.17) is 4.74 Å². The van der Waals surface area contributed by atoms with Gasteiger partial charge in [-0.25, -0.2) is 8.42 Å². The average Bonchev–Trinajstić information content (AvgIpc) is 3.33. The quantitative estimate of drug-likeness (QED) is 0.662. The van der Waals surface area contributed by atoms with E-state index in [1.807, 2.05) is 24.3 Å². The lowest BCUT2D eigenvalue weighted by molar-refractivity contribution is 0.0730. The van der Waals surface area contributed by atoms with Crippen molar-refractivity contribution in [2.75, 3.05) is 38.7 Å². The van der Waals surface area contributed by atoms with Crippen LogP contribution in [0.5, 0.6) is 0 Å². The van der Waals surface area contributed by atoms with Crippen LogP contribution in [0.4, 0.5) is 5.69 Å². The van der Waals surface area contributed by atoms with Gasteiger partial charge < -0.3 is 15.0 Å². The van der Waals surface area contributed by atoms with E-state index in [-0.39, 0.29) is 16.5 Å². The van der Waals surface area contributed by atoms with Crippen molar-refractivity contribution in [3.05, 3.63) is 47.8 Å². The lowest BCUT2D eigenvalue weighted by Gasteiger charge is -2.31. The first-order chi connectivity index (χ1) is 15.4. The van der Waals surface area contributed by atoms with Gasteiger partial charge in [-0.05, 0) is 37.6 Å². The number of rotatable bonds is 7. The largest absolute Gasteiger partial charge is 0.379 e. The maximum Gasteiger partial charge on any atom is 0.272 e. The molecule has 9 heteroatoms. The molecule has 0 unspecified atom stereocenters. The number of carbonyl (C=O) groups is 1. The molecule has 8 nitrogen and oxygen atoms in total. The molecule has 0 bridgehead atoms. The van der Waals surface area contributed by atoms with Crippen LogP contribution in [0.15, 0.2) is 41.4 Å². The van der Waals surface area contributed by atoms with Crippen LogP contribution in [0, 0.1) is 0 Å². The summed E-state index contributed by atoms with van der Waals surface area (Å²) in [6, 6.07) is 9.75. The Kier molecular flexibility index (Phi) is 7.30. The van der Waals surface area contributed by atoms with Crippen LogP contribution in [0.3, 0.4) is 0 Å². The summed E-state index contributed by atoms with van der Waals surface area (Å²) in [7, 11) is -1.51. The maximum atomic E-state index is 12.9. The molecule has 32 heavy (non-hydrogen) atoms. The molecule has 0 spiro atoms. The van der Waals surface area contributed by atoms with Crippen molar-refractivity contribution in [2.45, 2.75) is 49.6 Å². The average molecular weight is 461 g/mol. The highest BCUT2D eigenvalue weighted by molar-refractivity contribution is 7.89. The Bertz CT molecular complexity index is 1020. The number of amides is 1. The summed E-state index contributed by atoms with van der Waals surface area (Å²) in [5, 5.41) is 2.95. The fraction of sp³-hybridized carbons (Fsp3) is 0.522. The molecule has 0 radical (unpaired) electrons. The Hall–Kier alpha value is -2.20. The van der Waals surface area contributed by atoms with Crippen molar-refractivity contribution in [3.8, 4) is 0 Å². The van der Waals surface area contributed by atoms with Crippen molar-refractivity contribution >= 4 is 21.6 Å². The van der Waals surface area contributed by atoms with E-state index in [0.717, 1.165) is 17.8 Å². The number of nitrogens with zero attached hydrogens (tertiary/aromatic N) is 2. The molecule has 1 aliphatic heterocycles. The van der Waals surface area contributed by atoms with Gasteiger partial charge >= 0.3 is 0 Å². The number of hydrogen-bond acceptors (Lipinski definition) is 5. The molecule has 2 aliphatic rings. The molecule has 1 amide bonds. The van der Waals surface area contributed by atoms with Gasteiger partial charge in [0.1, 0.15) is 10.6 Å². The number of morpholine rings is 1. The first kappa shape index (κ1) is 23.0. The van der Waals surface area contributed by atoms with Crippen LogP contribution < -0.4 is 5.32 Å². The molecule has 174 valence electrons. The number of sulfonamides is 1. The lowest BCUT2D eigenvalue weighted by Crippen LogP contribution is -2.40. The number of benzene rings is 1. The van der Waals surface area contributed by atoms with Gasteiger partial charge in [-0.15, -0.1) is 0 Å². The van der Waals surface area contributed by atoms with E-state index in [2.05, 4.69) is 22.2 Å². The predicted molar refractivity (Wildman–Crippen MR) is 123 cm³/mol. The molecule has 2 N–H and O–H groups in total. The lowest BCUT2D eigenvalue weighted by atomic mass is 9.94. The molecule has 2 fully saturated rings. The number of aromatic nitrogens is 1. The van der Waals surface area contributed by atoms with Gasteiger partial charge in [-0.3, -0.25) is 9.69 Å². The SMILES string of the molecule is CN(Cc1ccccc1NC(=O)c1cc(S(=O)(=O)N2CCOCC2)c[nH]1)C1CCCCC1. The molecular formula is C23H32N4O4S. The molecule has 1 aromatic heterocycles. The second-order valence-corrected chi connectivity index (χ2v) is 10.5. The zero-order valence-electron chi connectivity index (χ0n) is 18.5. The minimum Gasteiger partial charge on any atom is -0.379 e. The third-order valence-corrected chi connectivity index (χ3v) is 8.27. The highest BCUT2D eigenvalue weighted by Crippen LogP contribution is 2.25. The number of anilines is 1. The summed E-state index contributed by atoms with van der Waals surface area (Å²) in [5.74, 6) is -0.360. The molecule has 1 saturated carbocycles. The summed E-state index contributed by atoms with van der Waals surface area (Å²) in [6.45, 7) is 2.14. The van der Waals surface area contributed by atoms with E-state index in [1.165, 1.54) is 48.7 Å². The highest BCUT2D eigenvalue weighted by Gasteiger charge is 2.28. The summed E-state index contributed by atoms with van der Waals surface area (Å²) >= 11 is 0. The third-order valence-electron chi connectivity index (χ3n) is 6.39. The minimum atomic E-state index is -3.65. The van der Waals surface area contributed by atoms with Gasteiger partial charge in [0.25, 0.3) is 5.91 Å². The van der Waals surface area contributed by atoms with Gasteiger partial charge in [0.15, 0.2) is 0 Å². The number of hydrogen-bond donors (Lipinski definition) is 2. The van der Waals surface area contributed by atoms with E-state index in [1.54, 1.807) is 0 Å². The Morgan fingerprint density at radius 1 is 1.19 bits per heavy atom. The second-order valence-electron chi connectivity index (χ2n) is 8.58. The van der Waals surface area contributed by atoms with Gasteiger partial charge in [0.05, 0.1) is 13.2 Å². The van der Waals surface area contributed by atoms with Crippen LogP contribution in [-0.4, -0.2) is 67.9 Å². The third kappa shape index (κ3) is 5.23. The Morgan fingerprint density at radius 2 is 1.91 bits per heavy atom. The first-order valence-electron chi connectivity index (χ1n) is 11.3. The van der Waals surface area contributed by atoms with E-state index in [9.17, 15) is 13.2 Å². The van der Waals surface area contributed by atoms with Crippen molar-refractivity contribution in [2.24, 2.45) is 0 Å². The molecular weight excluding hydrogens is 428 g/mol. The standard InChI is InChI=1S/C23H32N4O4S/c1-26(19-8-3-2-4-9-19)17-18-7-5-6-10-21(18)25-23(28)22-15-20(16-24-22)32(29,30)27-11-13-31-14-12-27/h5-7,10,15-16,19,24H,2-4,8-9,11-14,17H2,1H3,(H,25,28). The van der Waals surface area contributed by atoms with Gasteiger partial charge in [0.2, 0.25) is 10.0 Å². The van der Waals surface area contributed by atoms with Gasteiger partial charge in [-0.2, -0.15) is 4.31 Å². The zero-order chi connectivity index (χ0) is 22.6. The van der Waals surface area contributed by atoms with Crippen LogP contribution >= 0.6 is 0 Å². The topological polar surface area (TPSA) is 94.7 Å². The zero-order valence-corrected chi connectivity index (χ0v) is 19.4. The molecule has 1 saturated heterocycles. The van der Waals surface area contributed by atoms with E-state index < -0.39 is 10.0 Å². The number of H-pyrrole nitrogens is 1. The number of nitrogens with one attached hydrogen (secondary N) is 2. The number of para-hydroxylation sites is 1.